The SMILES string of the molecule is CCCC(C)(CC)N1CCN(CCCO)CC1. The molecule has 1 heterocycles. The fraction of sp³-hybridized carbons (Fsp3) is 1.00. The molecule has 0 spiro atoms. The van der Waals surface area contributed by atoms with Crippen molar-refractivity contribution in [1.29, 1.82) is 0 Å². The standard InChI is InChI=1S/C14H30N2O/c1-4-7-14(3,5-2)16-11-9-15(10-12-16)8-6-13-17/h17H,4-13H2,1-3H3. The smallest absolute Gasteiger partial charge is 0.0443 e. The van der Waals surface area contributed by atoms with E-state index < -0.39 is 0 Å². The Labute approximate surface area is 107 Å². The van der Waals surface area contributed by atoms with Crippen LogP contribution in [0.3, 0.4) is 0 Å². The summed E-state index contributed by atoms with van der Waals surface area (Å²) in [4.78, 5) is 5.15. The van der Waals surface area contributed by atoms with E-state index in [1.807, 2.05) is 0 Å². The lowest BCUT2D eigenvalue weighted by molar-refractivity contribution is 0.0319. The molecule has 1 aliphatic rings. The van der Waals surface area contributed by atoms with Gasteiger partial charge in [0, 0.05) is 44.9 Å². The summed E-state index contributed by atoms with van der Waals surface area (Å²) in [5.74, 6) is 0. The molecule has 0 aromatic rings. The Morgan fingerprint density at radius 1 is 1.12 bits per heavy atom. The van der Waals surface area contributed by atoms with Crippen molar-refractivity contribution in [3.8, 4) is 0 Å². The molecule has 0 bridgehead atoms. The van der Waals surface area contributed by atoms with Gasteiger partial charge in [-0.1, -0.05) is 20.3 Å². The first kappa shape index (κ1) is 14.9. The van der Waals surface area contributed by atoms with Crippen LogP contribution < -0.4 is 0 Å². The minimum atomic E-state index is 0.322. The highest BCUT2D eigenvalue weighted by atomic mass is 16.3. The van der Waals surface area contributed by atoms with Crippen LogP contribution in [0.5, 0.6) is 0 Å². The minimum absolute atomic E-state index is 0.322. The van der Waals surface area contributed by atoms with Gasteiger partial charge in [-0.15, -0.1) is 0 Å². The number of nitrogens with zero attached hydrogens (tertiary/aromatic N) is 2. The first-order chi connectivity index (χ1) is 8.16. The molecule has 0 radical (unpaired) electrons. The van der Waals surface area contributed by atoms with Crippen molar-refractivity contribution in [3.63, 3.8) is 0 Å². The van der Waals surface area contributed by atoms with Gasteiger partial charge in [-0.2, -0.15) is 0 Å². The van der Waals surface area contributed by atoms with Crippen molar-refractivity contribution in [2.75, 3.05) is 39.3 Å². The third-order valence-electron chi connectivity index (χ3n) is 4.32. The molecule has 3 nitrogen and oxygen atoms in total. The van der Waals surface area contributed by atoms with E-state index in [9.17, 15) is 0 Å². The Kier molecular flexibility index (Phi) is 6.45. The molecular weight excluding hydrogens is 212 g/mol. The highest BCUT2D eigenvalue weighted by Gasteiger charge is 2.31. The molecule has 3 heteroatoms. The van der Waals surface area contributed by atoms with Gasteiger partial charge in [0.2, 0.25) is 0 Å². The first-order valence-corrected chi connectivity index (χ1v) is 7.24. The summed E-state index contributed by atoms with van der Waals surface area (Å²) >= 11 is 0. The van der Waals surface area contributed by atoms with Crippen LogP contribution in [-0.2, 0) is 0 Å². The fourth-order valence-electron chi connectivity index (χ4n) is 2.90. The van der Waals surface area contributed by atoms with Gasteiger partial charge in [-0.25, -0.2) is 0 Å². The molecule has 0 aromatic carbocycles. The second-order valence-corrected chi connectivity index (χ2v) is 5.51. The zero-order chi connectivity index (χ0) is 12.7. The zero-order valence-corrected chi connectivity index (χ0v) is 11.9. The van der Waals surface area contributed by atoms with Crippen molar-refractivity contribution < 1.29 is 5.11 Å². The van der Waals surface area contributed by atoms with E-state index in [1.54, 1.807) is 0 Å². The quantitative estimate of drug-likeness (QED) is 0.739. The number of hydrogen-bond donors (Lipinski definition) is 1. The van der Waals surface area contributed by atoms with Crippen molar-refractivity contribution in [2.24, 2.45) is 0 Å². The van der Waals surface area contributed by atoms with Crippen LogP contribution in [0.15, 0.2) is 0 Å². The van der Waals surface area contributed by atoms with Crippen LogP contribution in [0.2, 0.25) is 0 Å². The van der Waals surface area contributed by atoms with Crippen LogP contribution in [0, 0.1) is 0 Å². The molecule has 0 amide bonds. The number of piperazine rings is 1. The predicted octanol–water partition coefficient (Wildman–Crippen LogP) is 1.96. The maximum absolute atomic E-state index is 8.85. The van der Waals surface area contributed by atoms with E-state index in [0.717, 1.165) is 13.0 Å². The molecule has 1 fully saturated rings. The Bertz CT molecular complexity index is 202. The lowest BCUT2D eigenvalue weighted by atomic mass is 9.90. The van der Waals surface area contributed by atoms with E-state index in [2.05, 4.69) is 30.6 Å². The summed E-state index contributed by atoms with van der Waals surface area (Å²) < 4.78 is 0. The summed E-state index contributed by atoms with van der Waals surface area (Å²) in [5, 5.41) is 8.85. The molecule has 0 saturated carbocycles. The van der Waals surface area contributed by atoms with Gasteiger partial charge in [-0.05, 0) is 26.2 Å². The van der Waals surface area contributed by atoms with Crippen molar-refractivity contribution in [1.82, 2.24) is 9.80 Å². The number of hydrogen-bond acceptors (Lipinski definition) is 3. The Balaban J connectivity index is 2.39. The summed E-state index contributed by atoms with van der Waals surface area (Å²) in [7, 11) is 0. The first-order valence-electron chi connectivity index (χ1n) is 7.24. The molecule has 1 rings (SSSR count). The van der Waals surface area contributed by atoms with Gasteiger partial charge in [0.05, 0.1) is 0 Å². The molecule has 1 atom stereocenters. The molecule has 1 unspecified atom stereocenters. The van der Waals surface area contributed by atoms with E-state index >= 15 is 0 Å². The van der Waals surface area contributed by atoms with E-state index in [1.165, 1.54) is 45.4 Å². The van der Waals surface area contributed by atoms with Gasteiger partial charge >= 0.3 is 0 Å². The predicted molar refractivity (Wildman–Crippen MR) is 73.3 cm³/mol. The lowest BCUT2D eigenvalue weighted by Crippen LogP contribution is -2.55. The van der Waals surface area contributed by atoms with Gasteiger partial charge in [0.25, 0.3) is 0 Å². The Morgan fingerprint density at radius 2 is 1.76 bits per heavy atom. The van der Waals surface area contributed by atoms with Crippen LogP contribution in [0.25, 0.3) is 0 Å². The van der Waals surface area contributed by atoms with Crippen molar-refractivity contribution in [2.45, 2.75) is 52.0 Å². The minimum Gasteiger partial charge on any atom is -0.396 e. The van der Waals surface area contributed by atoms with Crippen LogP contribution in [-0.4, -0.2) is 59.8 Å². The average molecular weight is 242 g/mol. The van der Waals surface area contributed by atoms with Crippen molar-refractivity contribution >= 4 is 0 Å². The van der Waals surface area contributed by atoms with Gasteiger partial charge in [-0.3, -0.25) is 4.90 Å². The van der Waals surface area contributed by atoms with Gasteiger partial charge in [0.1, 0.15) is 0 Å². The third kappa shape index (κ3) is 4.23. The third-order valence-corrected chi connectivity index (χ3v) is 4.32. The van der Waals surface area contributed by atoms with Gasteiger partial charge < -0.3 is 10.0 Å². The maximum Gasteiger partial charge on any atom is 0.0443 e. The van der Waals surface area contributed by atoms with E-state index in [-0.39, 0.29) is 0 Å². The van der Waals surface area contributed by atoms with Crippen molar-refractivity contribution in [3.05, 3.63) is 0 Å². The largest absolute Gasteiger partial charge is 0.396 e. The Hall–Kier alpha value is -0.120. The topological polar surface area (TPSA) is 26.7 Å². The number of aliphatic hydroxyl groups is 1. The summed E-state index contributed by atoms with van der Waals surface area (Å²) in [6.07, 6.45) is 4.74. The highest BCUT2D eigenvalue weighted by molar-refractivity contribution is 4.88. The fourth-order valence-corrected chi connectivity index (χ4v) is 2.90. The van der Waals surface area contributed by atoms with Crippen LogP contribution in [0.1, 0.15) is 46.5 Å². The van der Waals surface area contributed by atoms with Gasteiger partial charge in [0.15, 0.2) is 0 Å². The van der Waals surface area contributed by atoms with Crippen LogP contribution in [0.4, 0.5) is 0 Å². The highest BCUT2D eigenvalue weighted by Crippen LogP contribution is 2.26. The molecular formula is C14H30N2O. The molecule has 1 aliphatic heterocycles. The Morgan fingerprint density at radius 3 is 2.24 bits per heavy atom. The summed E-state index contributed by atoms with van der Waals surface area (Å²) in [5.41, 5.74) is 0.401. The summed E-state index contributed by atoms with van der Waals surface area (Å²) in [6, 6.07) is 0. The molecule has 17 heavy (non-hydrogen) atoms. The zero-order valence-electron chi connectivity index (χ0n) is 11.9. The normalized spacial score (nSPS) is 22.6. The van der Waals surface area contributed by atoms with Crippen LogP contribution >= 0.6 is 0 Å². The second-order valence-electron chi connectivity index (χ2n) is 5.51. The van der Waals surface area contributed by atoms with E-state index in [4.69, 9.17) is 5.11 Å². The number of rotatable bonds is 7. The summed E-state index contributed by atoms with van der Waals surface area (Å²) in [6.45, 7) is 13.1. The molecule has 102 valence electrons. The molecule has 0 aliphatic carbocycles. The monoisotopic (exact) mass is 242 g/mol. The van der Waals surface area contributed by atoms with E-state index in [0.29, 0.717) is 12.1 Å². The molecule has 0 aromatic heterocycles. The molecule has 1 saturated heterocycles. The lowest BCUT2D eigenvalue weighted by Gasteiger charge is -2.46. The molecule has 1 N–H and O–H groups in total. The number of aliphatic hydroxyl groups excluding tert-OH is 1. The second kappa shape index (κ2) is 7.34. The maximum atomic E-state index is 8.85. The average Bonchev–Trinajstić information content (AvgIpc) is 2.37.